The Balaban J connectivity index is 1.62. The molecule has 3 rings (SSSR count). The molecule has 0 unspecified atom stereocenters. The molecule has 0 radical (unpaired) electrons. The maximum Gasteiger partial charge on any atom is 0.219 e. The highest BCUT2D eigenvalue weighted by Crippen LogP contribution is 2.31. The fourth-order valence-electron chi connectivity index (χ4n) is 4.14. The summed E-state index contributed by atoms with van der Waals surface area (Å²) in [6.07, 6.45) is 8.37. The van der Waals surface area contributed by atoms with Crippen molar-refractivity contribution in [2.24, 2.45) is 0 Å². The summed E-state index contributed by atoms with van der Waals surface area (Å²) in [6.45, 7) is 7.00. The average Bonchev–Trinajstić information content (AvgIpc) is 3.25. The number of unbranched alkanes of at least 4 members (excludes halogenated alkanes) is 1. The van der Waals surface area contributed by atoms with Gasteiger partial charge in [0.05, 0.1) is 10.7 Å². The van der Waals surface area contributed by atoms with Crippen LogP contribution in [0.3, 0.4) is 0 Å². The van der Waals surface area contributed by atoms with Crippen LogP contribution in [0.5, 0.6) is 0 Å². The van der Waals surface area contributed by atoms with Crippen molar-refractivity contribution in [1.29, 1.82) is 0 Å². The molecule has 0 aliphatic carbocycles. The molecule has 4 nitrogen and oxygen atoms in total. The Kier molecular flexibility index (Phi) is 5.70. The molecule has 5 heteroatoms. The van der Waals surface area contributed by atoms with E-state index in [0.717, 1.165) is 32.5 Å². The topological polar surface area (TPSA) is 36.4 Å². The van der Waals surface area contributed by atoms with Gasteiger partial charge in [0.2, 0.25) is 5.91 Å². The number of carbonyl (C=O) groups is 1. The third-order valence-electron chi connectivity index (χ3n) is 5.27. The van der Waals surface area contributed by atoms with E-state index in [4.69, 9.17) is 4.98 Å². The number of amides is 1. The number of hydrogen-bond donors (Lipinski definition) is 0. The van der Waals surface area contributed by atoms with Gasteiger partial charge in [-0.25, -0.2) is 4.98 Å². The largest absolute Gasteiger partial charge is 0.338 e. The van der Waals surface area contributed by atoms with E-state index >= 15 is 0 Å². The first-order valence-electron chi connectivity index (χ1n) is 9.13. The summed E-state index contributed by atoms with van der Waals surface area (Å²) in [6, 6.07) is 0.954. The zero-order chi connectivity index (χ0) is 16.2. The van der Waals surface area contributed by atoms with Crippen LogP contribution in [-0.4, -0.2) is 45.9 Å². The standard InChI is InChI=1S/C18H29N3OS/c1-3-4-9-18-19-15(13-23-18)12-20-10-5-7-16(20)17-8-6-11-21(17)14(2)22/h13,16-17H,3-12H2,1-2H3/t16-,17+/m0/s1. The summed E-state index contributed by atoms with van der Waals surface area (Å²) in [4.78, 5) is 21.4. The number of hydrogen-bond acceptors (Lipinski definition) is 4. The van der Waals surface area contributed by atoms with Crippen LogP contribution in [-0.2, 0) is 17.8 Å². The molecule has 0 aromatic carbocycles. The molecule has 2 saturated heterocycles. The van der Waals surface area contributed by atoms with E-state index in [0.29, 0.717) is 12.1 Å². The number of nitrogens with zero attached hydrogens (tertiary/aromatic N) is 3. The molecule has 2 aliphatic rings. The number of thiazole rings is 1. The molecule has 3 heterocycles. The number of aryl methyl sites for hydroxylation is 1. The van der Waals surface area contributed by atoms with Crippen LogP contribution in [0.15, 0.2) is 5.38 Å². The Morgan fingerprint density at radius 2 is 2.09 bits per heavy atom. The van der Waals surface area contributed by atoms with E-state index in [1.807, 2.05) is 11.3 Å². The molecule has 128 valence electrons. The molecular weight excluding hydrogens is 306 g/mol. The van der Waals surface area contributed by atoms with Gasteiger partial charge >= 0.3 is 0 Å². The van der Waals surface area contributed by atoms with Gasteiger partial charge in [-0.2, -0.15) is 0 Å². The van der Waals surface area contributed by atoms with Crippen molar-refractivity contribution in [2.45, 2.75) is 77.4 Å². The van der Waals surface area contributed by atoms with Crippen LogP contribution in [0.4, 0.5) is 0 Å². The van der Waals surface area contributed by atoms with Crippen LogP contribution in [0.25, 0.3) is 0 Å². The lowest BCUT2D eigenvalue weighted by Crippen LogP contribution is -2.47. The fourth-order valence-corrected chi connectivity index (χ4v) is 4.97. The predicted molar refractivity (Wildman–Crippen MR) is 94.6 cm³/mol. The van der Waals surface area contributed by atoms with Crippen LogP contribution in [0, 0.1) is 0 Å². The minimum absolute atomic E-state index is 0.245. The van der Waals surface area contributed by atoms with Crippen LogP contribution < -0.4 is 0 Å². The Hall–Kier alpha value is -0.940. The summed E-state index contributed by atoms with van der Waals surface area (Å²) < 4.78 is 0. The summed E-state index contributed by atoms with van der Waals surface area (Å²) in [7, 11) is 0. The van der Waals surface area contributed by atoms with Crippen molar-refractivity contribution in [3.8, 4) is 0 Å². The van der Waals surface area contributed by atoms with Gasteiger partial charge < -0.3 is 4.90 Å². The van der Waals surface area contributed by atoms with Gasteiger partial charge in [-0.1, -0.05) is 13.3 Å². The van der Waals surface area contributed by atoms with Crippen molar-refractivity contribution in [2.75, 3.05) is 13.1 Å². The third kappa shape index (κ3) is 3.94. The number of carbonyl (C=O) groups excluding carboxylic acids is 1. The SMILES string of the molecule is CCCCc1nc(CN2CCC[C@H]2[C@H]2CCCN2C(C)=O)cs1. The Morgan fingerprint density at radius 3 is 2.87 bits per heavy atom. The minimum atomic E-state index is 0.245. The average molecular weight is 336 g/mol. The molecular formula is C18H29N3OS. The van der Waals surface area contributed by atoms with Crippen LogP contribution >= 0.6 is 11.3 Å². The highest BCUT2D eigenvalue weighted by molar-refractivity contribution is 7.09. The summed E-state index contributed by atoms with van der Waals surface area (Å²) >= 11 is 1.81. The Morgan fingerprint density at radius 1 is 1.30 bits per heavy atom. The maximum atomic E-state index is 11.9. The van der Waals surface area contributed by atoms with E-state index in [-0.39, 0.29) is 5.91 Å². The first kappa shape index (κ1) is 16.9. The quantitative estimate of drug-likeness (QED) is 0.799. The lowest BCUT2D eigenvalue weighted by Gasteiger charge is -2.34. The Labute approximate surface area is 143 Å². The van der Waals surface area contributed by atoms with Gasteiger partial charge in [0.1, 0.15) is 0 Å². The second-order valence-electron chi connectivity index (χ2n) is 6.94. The van der Waals surface area contributed by atoms with E-state index in [9.17, 15) is 4.79 Å². The van der Waals surface area contributed by atoms with Crippen LogP contribution in [0.1, 0.15) is 63.1 Å². The van der Waals surface area contributed by atoms with Crippen molar-refractivity contribution in [3.05, 3.63) is 16.1 Å². The fraction of sp³-hybridized carbons (Fsp3) is 0.778. The third-order valence-corrected chi connectivity index (χ3v) is 6.23. The number of likely N-dealkylation sites (tertiary alicyclic amines) is 2. The smallest absolute Gasteiger partial charge is 0.219 e. The van der Waals surface area contributed by atoms with Crippen molar-refractivity contribution >= 4 is 17.2 Å². The highest BCUT2D eigenvalue weighted by Gasteiger charge is 2.38. The molecule has 2 atom stereocenters. The van der Waals surface area contributed by atoms with E-state index in [1.54, 1.807) is 6.92 Å². The molecule has 23 heavy (non-hydrogen) atoms. The molecule has 2 fully saturated rings. The second kappa shape index (κ2) is 7.75. The van der Waals surface area contributed by atoms with Gasteiger partial charge in [0.15, 0.2) is 0 Å². The number of rotatable bonds is 6. The van der Waals surface area contributed by atoms with Gasteiger partial charge in [0, 0.05) is 37.5 Å². The second-order valence-corrected chi connectivity index (χ2v) is 7.88. The van der Waals surface area contributed by atoms with Gasteiger partial charge in [-0.15, -0.1) is 11.3 Å². The van der Waals surface area contributed by atoms with Gasteiger partial charge in [0.25, 0.3) is 0 Å². The zero-order valence-corrected chi connectivity index (χ0v) is 15.3. The van der Waals surface area contributed by atoms with Crippen molar-refractivity contribution < 1.29 is 4.79 Å². The zero-order valence-electron chi connectivity index (χ0n) is 14.5. The molecule has 1 aromatic rings. The molecule has 0 bridgehead atoms. The monoisotopic (exact) mass is 335 g/mol. The van der Waals surface area contributed by atoms with Crippen LogP contribution in [0.2, 0.25) is 0 Å². The van der Waals surface area contributed by atoms with E-state index in [1.165, 1.54) is 42.8 Å². The van der Waals surface area contributed by atoms with E-state index in [2.05, 4.69) is 22.1 Å². The molecule has 1 amide bonds. The minimum Gasteiger partial charge on any atom is -0.338 e. The molecule has 0 saturated carbocycles. The normalized spacial score (nSPS) is 25.4. The highest BCUT2D eigenvalue weighted by atomic mass is 32.1. The molecule has 0 N–H and O–H groups in total. The van der Waals surface area contributed by atoms with E-state index < -0.39 is 0 Å². The molecule has 0 spiro atoms. The summed E-state index contributed by atoms with van der Waals surface area (Å²) in [5.74, 6) is 0.245. The summed E-state index contributed by atoms with van der Waals surface area (Å²) in [5.41, 5.74) is 1.22. The Bertz CT molecular complexity index is 530. The maximum absolute atomic E-state index is 11.9. The lowest BCUT2D eigenvalue weighted by molar-refractivity contribution is -0.130. The number of aromatic nitrogens is 1. The predicted octanol–water partition coefficient (Wildman–Crippen LogP) is 3.46. The van der Waals surface area contributed by atoms with Gasteiger partial charge in [-0.05, 0) is 45.1 Å². The first-order valence-corrected chi connectivity index (χ1v) is 10.0. The van der Waals surface area contributed by atoms with Crippen molar-refractivity contribution in [1.82, 2.24) is 14.8 Å². The summed E-state index contributed by atoms with van der Waals surface area (Å²) in [5, 5.41) is 3.52. The lowest BCUT2D eigenvalue weighted by atomic mass is 10.0. The van der Waals surface area contributed by atoms with Crippen molar-refractivity contribution in [3.63, 3.8) is 0 Å². The molecule has 2 aliphatic heterocycles. The molecule has 1 aromatic heterocycles. The first-order chi connectivity index (χ1) is 11.2. The van der Waals surface area contributed by atoms with Gasteiger partial charge in [-0.3, -0.25) is 9.69 Å².